The van der Waals surface area contributed by atoms with Gasteiger partial charge in [-0.1, -0.05) is 99.6 Å². The van der Waals surface area contributed by atoms with E-state index < -0.39 is 8.32 Å². The first-order chi connectivity index (χ1) is 22.0. The van der Waals surface area contributed by atoms with Crippen molar-refractivity contribution in [2.75, 3.05) is 12.3 Å². The molecule has 4 aromatic carbocycles. The molecule has 0 amide bonds. The van der Waals surface area contributed by atoms with Crippen LogP contribution in [0.1, 0.15) is 61.6 Å². The van der Waals surface area contributed by atoms with Crippen molar-refractivity contribution in [3.05, 3.63) is 142 Å². The number of pyridine rings is 1. The highest BCUT2D eigenvalue weighted by atomic mass is 28.4. The van der Waals surface area contributed by atoms with Gasteiger partial charge in [0.2, 0.25) is 5.56 Å². The molecule has 5 rings (SSSR count). The van der Waals surface area contributed by atoms with Crippen molar-refractivity contribution in [1.29, 1.82) is 0 Å². The van der Waals surface area contributed by atoms with E-state index in [2.05, 4.69) is 92.7 Å². The standard InChI is InChI=1S/C39H47N3O3Si/c1-39(2,3)46(4,5)45-36(26-41-34(30-16-10-7-11-17-30)22-19-28-15-12-18-31(40)25-28)32-20-23-35(38-33(32)21-24-37(43)42-38)44-27-29-13-8-6-9-14-29/h6-18,20-21,23-25,34,36,41H,19,22,26-27,40H2,1-5H3,(H,42,43)/t34?,36-/m0/s1. The number of hydrogen-bond donors (Lipinski definition) is 3. The molecule has 6 nitrogen and oxygen atoms in total. The van der Waals surface area contributed by atoms with Gasteiger partial charge in [0.15, 0.2) is 8.32 Å². The Bertz CT molecular complexity index is 1780. The Balaban J connectivity index is 1.48. The van der Waals surface area contributed by atoms with Crippen LogP contribution in [-0.4, -0.2) is 19.8 Å². The van der Waals surface area contributed by atoms with Crippen LogP contribution in [0.4, 0.5) is 5.69 Å². The van der Waals surface area contributed by atoms with Gasteiger partial charge >= 0.3 is 0 Å². The second-order valence-electron chi connectivity index (χ2n) is 13.6. The van der Waals surface area contributed by atoms with E-state index >= 15 is 0 Å². The quantitative estimate of drug-likeness (QED) is 0.0891. The molecule has 0 saturated heterocycles. The molecular formula is C39H47N3O3Si. The maximum atomic E-state index is 12.6. The molecule has 0 fully saturated rings. The SMILES string of the molecule is CC(C)(C)[Si](C)(C)O[C@@H](CNC(CCc1cccc(N)c1)c1ccccc1)c1ccc(OCc2ccccc2)c2[nH]c(=O)ccc12. The molecule has 7 heteroatoms. The first-order valence-corrected chi connectivity index (χ1v) is 19.0. The van der Waals surface area contributed by atoms with Crippen LogP contribution in [0.25, 0.3) is 10.9 Å². The normalized spacial score (nSPS) is 13.4. The highest BCUT2D eigenvalue weighted by Gasteiger charge is 2.40. The van der Waals surface area contributed by atoms with E-state index in [0.717, 1.165) is 35.0 Å². The van der Waals surface area contributed by atoms with E-state index in [1.165, 1.54) is 11.1 Å². The first kappa shape index (κ1) is 33.2. The van der Waals surface area contributed by atoms with E-state index in [9.17, 15) is 4.79 Å². The minimum absolute atomic E-state index is 0.0141. The third-order valence-corrected chi connectivity index (χ3v) is 13.6. The number of anilines is 1. The maximum Gasteiger partial charge on any atom is 0.248 e. The number of nitrogens with one attached hydrogen (secondary N) is 2. The molecule has 0 aliphatic heterocycles. The van der Waals surface area contributed by atoms with Crippen molar-refractivity contribution in [3.63, 3.8) is 0 Å². The van der Waals surface area contributed by atoms with Gasteiger partial charge in [-0.15, -0.1) is 0 Å². The van der Waals surface area contributed by atoms with Crippen molar-refractivity contribution < 1.29 is 9.16 Å². The van der Waals surface area contributed by atoms with Gasteiger partial charge in [-0.05, 0) is 77.5 Å². The number of hydrogen-bond acceptors (Lipinski definition) is 5. The average Bonchev–Trinajstić information content (AvgIpc) is 3.03. The Morgan fingerprint density at radius 3 is 2.24 bits per heavy atom. The van der Waals surface area contributed by atoms with E-state index in [1.807, 2.05) is 54.6 Å². The van der Waals surface area contributed by atoms with Crippen LogP contribution in [-0.2, 0) is 17.5 Å². The summed E-state index contributed by atoms with van der Waals surface area (Å²) in [4.78, 5) is 15.6. The minimum Gasteiger partial charge on any atom is -0.487 e. The van der Waals surface area contributed by atoms with Crippen molar-refractivity contribution in [1.82, 2.24) is 10.3 Å². The lowest BCUT2D eigenvalue weighted by Crippen LogP contribution is -2.44. The van der Waals surface area contributed by atoms with Crippen molar-refractivity contribution in [2.45, 2.75) is 70.5 Å². The smallest absolute Gasteiger partial charge is 0.248 e. The van der Waals surface area contributed by atoms with E-state index in [1.54, 1.807) is 6.07 Å². The van der Waals surface area contributed by atoms with Gasteiger partial charge in [-0.25, -0.2) is 0 Å². The summed E-state index contributed by atoms with van der Waals surface area (Å²) in [6.07, 6.45) is 1.54. The van der Waals surface area contributed by atoms with E-state index in [-0.39, 0.29) is 22.7 Å². The number of nitrogen functional groups attached to an aromatic ring is 1. The third-order valence-electron chi connectivity index (χ3n) is 9.14. The van der Waals surface area contributed by atoms with Gasteiger partial charge in [0.05, 0.1) is 11.6 Å². The van der Waals surface area contributed by atoms with Crippen LogP contribution in [0.5, 0.6) is 5.75 Å². The second-order valence-corrected chi connectivity index (χ2v) is 18.3. The number of fused-ring (bicyclic) bond motifs is 1. The topological polar surface area (TPSA) is 89.4 Å². The largest absolute Gasteiger partial charge is 0.487 e. The molecule has 0 spiro atoms. The summed E-state index contributed by atoms with van der Waals surface area (Å²) in [5, 5.41) is 4.83. The van der Waals surface area contributed by atoms with Crippen LogP contribution in [0, 0.1) is 0 Å². The van der Waals surface area contributed by atoms with Gasteiger partial charge in [-0.2, -0.15) is 0 Å². The van der Waals surface area contributed by atoms with Crippen LogP contribution in [0.3, 0.4) is 0 Å². The highest BCUT2D eigenvalue weighted by Crippen LogP contribution is 2.41. The molecule has 0 radical (unpaired) electrons. The maximum absolute atomic E-state index is 12.6. The lowest BCUT2D eigenvalue weighted by molar-refractivity contribution is 0.176. The zero-order valence-electron chi connectivity index (χ0n) is 27.7. The fraction of sp³-hybridized carbons (Fsp3) is 0.308. The number of H-pyrrole nitrogens is 1. The lowest BCUT2D eigenvalue weighted by atomic mass is 9.97. The monoisotopic (exact) mass is 633 g/mol. The van der Waals surface area contributed by atoms with Crippen molar-refractivity contribution in [2.24, 2.45) is 0 Å². The fourth-order valence-corrected chi connectivity index (χ4v) is 6.79. The number of ether oxygens (including phenoxy) is 1. The van der Waals surface area contributed by atoms with Crippen LogP contribution >= 0.6 is 0 Å². The van der Waals surface area contributed by atoms with Gasteiger partial charge in [0.1, 0.15) is 12.4 Å². The molecule has 2 atom stereocenters. The van der Waals surface area contributed by atoms with Crippen molar-refractivity contribution >= 4 is 24.9 Å². The zero-order valence-corrected chi connectivity index (χ0v) is 28.7. The Morgan fingerprint density at radius 1 is 0.848 bits per heavy atom. The number of aromatic amines is 1. The number of nitrogens with two attached hydrogens (primary N) is 1. The molecule has 1 unspecified atom stereocenters. The Hall–Kier alpha value is -4.17. The van der Waals surface area contributed by atoms with Gasteiger partial charge in [0, 0.05) is 29.7 Å². The fourth-order valence-electron chi connectivity index (χ4n) is 5.51. The van der Waals surface area contributed by atoms with Gasteiger partial charge in [-0.3, -0.25) is 4.79 Å². The summed E-state index contributed by atoms with van der Waals surface area (Å²) in [5.41, 5.74) is 11.9. The summed E-state index contributed by atoms with van der Waals surface area (Å²) < 4.78 is 13.4. The van der Waals surface area contributed by atoms with Crippen LogP contribution < -0.4 is 21.3 Å². The zero-order chi connectivity index (χ0) is 32.7. The van der Waals surface area contributed by atoms with Crippen molar-refractivity contribution in [3.8, 4) is 5.75 Å². The average molecular weight is 634 g/mol. The summed E-state index contributed by atoms with van der Waals surface area (Å²) in [5.74, 6) is 0.642. The molecule has 0 aliphatic rings. The molecule has 0 bridgehead atoms. The summed E-state index contributed by atoms with van der Waals surface area (Å²) >= 11 is 0. The first-order valence-electron chi connectivity index (χ1n) is 16.1. The molecule has 1 aromatic heterocycles. The molecule has 5 aromatic rings. The number of aryl methyl sites for hydroxylation is 1. The van der Waals surface area contributed by atoms with Crippen LogP contribution in [0.15, 0.2) is 114 Å². The molecule has 46 heavy (non-hydrogen) atoms. The molecule has 240 valence electrons. The molecule has 1 heterocycles. The summed E-state index contributed by atoms with van der Waals surface area (Å²) in [7, 11) is -2.21. The number of aromatic nitrogens is 1. The third kappa shape index (κ3) is 8.34. The molecular weight excluding hydrogens is 587 g/mol. The Kier molecular flexibility index (Phi) is 10.5. The summed E-state index contributed by atoms with van der Waals surface area (Å²) in [6, 6.07) is 36.4. The predicted molar refractivity (Wildman–Crippen MR) is 193 cm³/mol. The van der Waals surface area contributed by atoms with Gasteiger partial charge in [0.25, 0.3) is 0 Å². The second kappa shape index (κ2) is 14.5. The van der Waals surface area contributed by atoms with E-state index in [4.69, 9.17) is 14.9 Å². The van der Waals surface area contributed by atoms with E-state index in [0.29, 0.717) is 24.4 Å². The highest BCUT2D eigenvalue weighted by molar-refractivity contribution is 6.74. The Labute approximate surface area is 274 Å². The minimum atomic E-state index is -2.21. The molecule has 4 N–H and O–H groups in total. The number of rotatable bonds is 13. The molecule has 0 saturated carbocycles. The van der Waals surface area contributed by atoms with Crippen LogP contribution in [0.2, 0.25) is 18.1 Å². The summed E-state index contributed by atoms with van der Waals surface area (Å²) in [6.45, 7) is 12.4. The molecule has 0 aliphatic carbocycles. The van der Waals surface area contributed by atoms with Gasteiger partial charge < -0.3 is 25.2 Å². The number of benzene rings is 4. The lowest BCUT2D eigenvalue weighted by Gasteiger charge is -2.40. The predicted octanol–water partition coefficient (Wildman–Crippen LogP) is 8.72. The Morgan fingerprint density at radius 2 is 1.54 bits per heavy atom.